The first kappa shape index (κ1) is 19.0. The van der Waals surface area contributed by atoms with Crippen molar-refractivity contribution in [3.05, 3.63) is 93.6 Å². The molecular formula is C26H8F2N4. The molecule has 0 amide bonds. The lowest BCUT2D eigenvalue weighted by atomic mass is 9.90. The maximum atomic E-state index is 14.2. The summed E-state index contributed by atoms with van der Waals surface area (Å²) in [6, 6.07) is 19.2. The van der Waals surface area contributed by atoms with Gasteiger partial charge in [0.2, 0.25) is 0 Å². The highest BCUT2D eigenvalue weighted by Crippen LogP contribution is 2.56. The van der Waals surface area contributed by atoms with E-state index >= 15 is 0 Å². The summed E-state index contributed by atoms with van der Waals surface area (Å²) in [5.41, 5.74) is 4.52. The Morgan fingerprint density at radius 2 is 0.969 bits per heavy atom. The lowest BCUT2D eigenvalue weighted by molar-refractivity contribution is 0.627. The molecule has 0 fully saturated rings. The lowest BCUT2D eigenvalue weighted by Gasteiger charge is -2.11. The van der Waals surface area contributed by atoms with Crippen LogP contribution in [0.5, 0.6) is 0 Å². The van der Waals surface area contributed by atoms with Crippen LogP contribution in [0.15, 0.2) is 59.7 Å². The summed E-state index contributed by atoms with van der Waals surface area (Å²) in [6.07, 6.45) is 0. The summed E-state index contributed by atoms with van der Waals surface area (Å²) in [5.74, 6) is -1.04. The van der Waals surface area contributed by atoms with Crippen molar-refractivity contribution in [2.45, 2.75) is 0 Å². The smallest absolute Gasteiger partial charge is 0.138 e. The Morgan fingerprint density at radius 3 is 1.56 bits per heavy atom. The van der Waals surface area contributed by atoms with Crippen molar-refractivity contribution < 1.29 is 8.78 Å². The molecule has 4 nitrogen and oxygen atoms in total. The van der Waals surface area contributed by atoms with Gasteiger partial charge >= 0.3 is 0 Å². The molecule has 0 saturated heterocycles. The monoisotopic (exact) mass is 414 g/mol. The number of nitrogens with zero attached hydrogens (tertiary/aromatic N) is 4. The molecule has 0 aliphatic heterocycles. The van der Waals surface area contributed by atoms with E-state index in [9.17, 15) is 29.8 Å². The molecular weight excluding hydrogens is 406 g/mol. The average Bonchev–Trinajstić information content (AvgIpc) is 3.28. The number of fused-ring (bicyclic) bond motifs is 7. The largest absolute Gasteiger partial charge is 0.207 e. The highest BCUT2D eigenvalue weighted by Gasteiger charge is 2.36. The maximum Gasteiger partial charge on any atom is 0.138 e. The molecule has 0 unspecified atom stereocenters. The summed E-state index contributed by atoms with van der Waals surface area (Å²) in [4.78, 5) is 0. The first-order chi connectivity index (χ1) is 15.5. The van der Waals surface area contributed by atoms with E-state index < -0.39 is 11.6 Å². The summed E-state index contributed by atoms with van der Waals surface area (Å²) in [6.45, 7) is 0. The normalized spacial score (nSPS) is 11.8. The van der Waals surface area contributed by atoms with Gasteiger partial charge in [-0.2, -0.15) is 21.0 Å². The zero-order valence-corrected chi connectivity index (χ0v) is 16.2. The first-order valence-electron chi connectivity index (χ1n) is 9.41. The molecule has 0 radical (unpaired) electrons. The van der Waals surface area contributed by atoms with Crippen molar-refractivity contribution in [2.75, 3.05) is 0 Å². The number of benzene rings is 3. The van der Waals surface area contributed by atoms with Crippen LogP contribution in [-0.4, -0.2) is 0 Å². The van der Waals surface area contributed by atoms with Gasteiger partial charge in [0.1, 0.15) is 47.1 Å². The SMILES string of the molecule is N#CC(C#N)=C1c2cc(F)ccc2-c2c1ccc1c2C(=C(C#N)C#N)c2cc(F)ccc2-1. The second kappa shape index (κ2) is 6.75. The molecule has 0 aromatic heterocycles. The predicted octanol–water partition coefficient (Wildman–Crippen LogP) is 5.62. The van der Waals surface area contributed by atoms with Crippen LogP contribution < -0.4 is 0 Å². The number of allylic oxidation sites excluding steroid dienone is 2. The van der Waals surface area contributed by atoms with Crippen LogP contribution in [0.1, 0.15) is 22.3 Å². The molecule has 5 rings (SSSR count). The molecule has 0 spiro atoms. The van der Waals surface area contributed by atoms with E-state index in [1.165, 1.54) is 24.3 Å². The fourth-order valence-corrected chi connectivity index (χ4v) is 4.56. The third kappa shape index (κ3) is 2.36. The topological polar surface area (TPSA) is 95.2 Å². The highest BCUT2D eigenvalue weighted by atomic mass is 19.1. The third-order valence-electron chi connectivity index (χ3n) is 5.73. The van der Waals surface area contributed by atoms with Crippen LogP contribution in [0.4, 0.5) is 8.78 Å². The molecule has 0 bridgehead atoms. The van der Waals surface area contributed by atoms with Crippen molar-refractivity contribution in [1.82, 2.24) is 0 Å². The molecule has 0 heterocycles. The summed E-state index contributed by atoms with van der Waals surface area (Å²) < 4.78 is 28.3. The number of hydrogen-bond acceptors (Lipinski definition) is 4. The van der Waals surface area contributed by atoms with Crippen molar-refractivity contribution in [3.63, 3.8) is 0 Å². The van der Waals surface area contributed by atoms with Crippen LogP contribution in [0, 0.1) is 57.0 Å². The van der Waals surface area contributed by atoms with Crippen LogP contribution >= 0.6 is 0 Å². The minimum Gasteiger partial charge on any atom is -0.207 e. The molecule has 0 N–H and O–H groups in total. The van der Waals surface area contributed by atoms with Gasteiger partial charge in [-0.25, -0.2) is 8.78 Å². The Bertz CT molecular complexity index is 1600. The van der Waals surface area contributed by atoms with Crippen molar-refractivity contribution in [1.29, 1.82) is 21.0 Å². The molecule has 6 heteroatoms. The average molecular weight is 414 g/mol. The van der Waals surface area contributed by atoms with E-state index in [4.69, 9.17) is 0 Å². The Morgan fingerprint density at radius 1 is 0.500 bits per heavy atom. The van der Waals surface area contributed by atoms with Gasteiger partial charge in [-0.3, -0.25) is 0 Å². The van der Waals surface area contributed by atoms with E-state index in [2.05, 4.69) is 0 Å². The van der Waals surface area contributed by atoms with Crippen LogP contribution in [0.2, 0.25) is 0 Å². The summed E-state index contributed by atoms with van der Waals surface area (Å²) >= 11 is 0. The van der Waals surface area contributed by atoms with E-state index in [1.54, 1.807) is 24.3 Å². The zero-order chi connectivity index (χ0) is 22.6. The zero-order valence-electron chi connectivity index (χ0n) is 16.2. The molecule has 0 saturated carbocycles. The van der Waals surface area contributed by atoms with Crippen LogP contribution in [0.3, 0.4) is 0 Å². The summed E-state index contributed by atoms with van der Waals surface area (Å²) in [5, 5.41) is 38.3. The van der Waals surface area contributed by atoms with Gasteiger partial charge in [0.25, 0.3) is 0 Å². The molecule has 2 aliphatic rings. The molecule has 0 atom stereocenters. The molecule has 32 heavy (non-hydrogen) atoms. The van der Waals surface area contributed by atoms with Gasteiger partial charge in [0.05, 0.1) is 0 Å². The quantitative estimate of drug-likeness (QED) is 0.307. The van der Waals surface area contributed by atoms with Crippen molar-refractivity contribution >= 4 is 11.1 Å². The Balaban J connectivity index is 2.01. The second-order valence-corrected chi connectivity index (χ2v) is 7.24. The van der Waals surface area contributed by atoms with Crippen molar-refractivity contribution in [3.8, 4) is 46.5 Å². The fraction of sp³-hybridized carbons (Fsp3) is 0. The van der Waals surface area contributed by atoms with Gasteiger partial charge in [0, 0.05) is 16.7 Å². The standard InChI is InChI=1S/C26H8F2N4/c27-15-1-3-17-18-5-6-20-23(13(9-29)10-30)22-8-16(28)2-4-19(22)25(20)26(18)24(21(17)7-15)14(11-31)12-32/h1-8H. The summed E-state index contributed by atoms with van der Waals surface area (Å²) in [7, 11) is 0. The molecule has 3 aromatic carbocycles. The van der Waals surface area contributed by atoms with Crippen LogP contribution in [-0.2, 0) is 0 Å². The van der Waals surface area contributed by atoms with Gasteiger partial charge < -0.3 is 0 Å². The van der Waals surface area contributed by atoms with Gasteiger partial charge in [-0.05, 0) is 63.2 Å². The maximum absolute atomic E-state index is 14.2. The first-order valence-corrected chi connectivity index (χ1v) is 9.41. The fourth-order valence-electron chi connectivity index (χ4n) is 4.56. The number of hydrogen-bond donors (Lipinski definition) is 0. The Kier molecular flexibility index (Phi) is 4.00. The van der Waals surface area contributed by atoms with E-state index in [-0.39, 0.29) is 16.7 Å². The second-order valence-electron chi connectivity index (χ2n) is 7.24. The minimum absolute atomic E-state index is 0.177. The van der Waals surface area contributed by atoms with E-state index in [1.807, 2.05) is 24.3 Å². The van der Waals surface area contributed by atoms with Gasteiger partial charge in [0.15, 0.2) is 0 Å². The van der Waals surface area contributed by atoms with E-state index in [0.29, 0.717) is 50.1 Å². The highest BCUT2D eigenvalue weighted by molar-refractivity contribution is 6.15. The lowest BCUT2D eigenvalue weighted by Crippen LogP contribution is -1.93. The Labute approximate surface area is 181 Å². The molecule has 3 aromatic rings. The third-order valence-corrected chi connectivity index (χ3v) is 5.73. The van der Waals surface area contributed by atoms with E-state index in [0.717, 1.165) is 0 Å². The van der Waals surface area contributed by atoms with Gasteiger partial charge in [-0.15, -0.1) is 0 Å². The molecule has 2 aliphatic carbocycles. The molecule has 146 valence electrons. The predicted molar refractivity (Wildman–Crippen MR) is 112 cm³/mol. The van der Waals surface area contributed by atoms with Crippen molar-refractivity contribution in [2.24, 2.45) is 0 Å². The van der Waals surface area contributed by atoms with Crippen LogP contribution in [0.25, 0.3) is 33.4 Å². The minimum atomic E-state index is -0.531. The number of nitriles is 4. The van der Waals surface area contributed by atoms with Gasteiger partial charge in [-0.1, -0.05) is 24.3 Å². The number of rotatable bonds is 0. The Hall–Kier alpha value is -5.04. The number of halogens is 2.